The van der Waals surface area contributed by atoms with Crippen LogP contribution in [0.4, 0.5) is 5.69 Å². The predicted octanol–water partition coefficient (Wildman–Crippen LogP) is 5.90. The van der Waals surface area contributed by atoms with E-state index in [0.29, 0.717) is 39.6 Å². The number of ether oxygens (including phenoxy) is 3. The second-order valence-corrected chi connectivity index (χ2v) is 8.30. The Morgan fingerprint density at radius 3 is 2.46 bits per heavy atom. The maximum atomic E-state index is 12.7. The number of methoxy groups -OCH3 is 1. The number of carbonyl (C=O) groups excluding carboxylic acids is 1. The first kappa shape index (κ1) is 25.4. The van der Waals surface area contributed by atoms with Crippen molar-refractivity contribution in [2.75, 3.05) is 19.0 Å². The van der Waals surface area contributed by atoms with Crippen LogP contribution in [0.25, 0.3) is 6.08 Å². The van der Waals surface area contributed by atoms with Gasteiger partial charge in [-0.05, 0) is 76.5 Å². The Labute approximate surface area is 213 Å². The fourth-order valence-electron chi connectivity index (χ4n) is 3.08. The van der Waals surface area contributed by atoms with Crippen LogP contribution < -0.4 is 19.5 Å². The van der Waals surface area contributed by atoms with Crippen LogP contribution in [-0.2, 0) is 11.4 Å². The molecule has 1 amide bonds. The van der Waals surface area contributed by atoms with Crippen molar-refractivity contribution < 1.29 is 19.0 Å². The molecule has 0 bridgehead atoms. The molecule has 0 spiro atoms. The summed E-state index contributed by atoms with van der Waals surface area (Å²) in [6.07, 6.45) is 6.72. The molecular formula is C28H23BrN2O4. The first-order valence-electron chi connectivity index (χ1n) is 10.6. The van der Waals surface area contributed by atoms with E-state index in [1.54, 1.807) is 36.4 Å². The van der Waals surface area contributed by atoms with E-state index >= 15 is 0 Å². The van der Waals surface area contributed by atoms with E-state index in [9.17, 15) is 10.1 Å². The number of nitriles is 1. The molecule has 0 aliphatic carbocycles. The van der Waals surface area contributed by atoms with Gasteiger partial charge < -0.3 is 19.5 Å². The van der Waals surface area contributed by atoms with Gasteiger partial charge in [0.1, 0.15) is 30.6 Å². The van der Waals surface area contributed by atoms with Gasteiger partial charge in [0.2, 0.25) is 0 Å². The Bertz CT molecular complexity index is 1300. The summed E-state index contributed by atoms with van der Waals surface area (Å²) >= 11 is 3.41. The zero-order chi connectivity index (χ0) is 25.2. The molecular weight excluding hydrogens is 508 g/mol. The van der Waals surface area contributed by atoms with Gasteiger partial charge in [0.05, 0.1) is 11.6 Å². The molecule has 0 aliphatic heterocycles. The third kappa shape index (κ3) is 7.14. The van der Waals surface area contributed by atoms with E-state index in [2.05, 4.69) is 27.2 Å². The van der Waals surface area contributed by atoms with Gasteiger partial charge in [-0.1, -0.05) is 35.7 Å². The number of aryl methyl sites for hydroxylation is 1. The van der Waals surface area contributed by atoms with Crippen molar-refractivity contribution in [2.24, 2.45) is 0 Å². The van der Waals surface area contributed by atoms with Crippen molar-refractivity contribution in [1.82, 2.24) is 0 Å². The van der Waals surface area contributed by atoms with Crippen molar-refractivity contribution in [3.63, 3.8) is 0 Å². The molecule has 0 heterocycles. The average Bonchev–Trinajstić information content (AvgIpc) is 2.86. The summed E-state index contributed by atoms with van der Waals surface area (Å²) in [5.74, 6) is 3.38. The smallest absolute Gasteiger partial charge is 0.266 e. The minimum atomic E-state index is -0.538. The molecule has 0 atom stereocenters. The standard InChI is InChI=1S/C28H23BrN2O4/c1-4-13-34-27-25(29)15-21(16-26(27)33-3)14-22(17-30)28(32)31-23-9-11-24(12-10-23)35-18-20-7-5-19(2)6-8-20/h1,5-12,14-16H,13,18H2,2-3H3,(H,31,32)/b22-14+. The molecule has 3 rings (SSSR count). The fourth-order valence-corrected chi connectivity index (χ4v) is 3.65. The number of amides is 1. The Balaban J connectivity index is 1.68. The predicted molar refractivity (Wildman–Crippen MR) is 139 cm³/mol. The van der Waals surface area contributed by atoms with Gasteiger partial charge in [-0.3, -0.25) is 4.79 Å². The zero-order valence-electron chi connectivity index (χ0n) is 19.3. The number of benzene rings is 3. The van der Waals surface area contributed by atoms with Gasteiger partial charge in [-0.2, -0.15) is 5.26 Å². The van der Waals surface area contributed by atoms with E-state index in [4.69, 9.17) is 20.6 Å². The highest BCUT2D eigenvalue weighted by atomic mass is 79.9. The lowest BCUT2D eigenvalue weighted by Crippen LogP contribution is -2.13. The number of hydrogen-bond donors (Lipinski definition) is 1. The van der Waals surface area contributed by atoms with E-state index in [1.807, 2.05) is 37.3 Å². The summed E-state index contributed by atoms with van der Waals surface area (Å²) in [5, 5.41) is 12.3. The number of halogens is 1. The summed E-state index contributed by atoms with van der Waals surface area (Å²) in [6.45, 7) is 2.55. The Morgan fingerprint density at radius 1 is 1.11 bits per heavy atom. The van der Waals surface area contributed by atoms with E-state index < -0.39 is 5.91 Å². The highest BCUT2D eigenvalue weighted by Gasteiger charge is 2.14. The third-order valence-corrected chi connectivity index (χ3v) is 5.46. The van der Waals surface area contributed by atoms with Crippen LogP contribution in [-0.4, -0.2) is 19.6 Å². The molecule has 0 fully saturated rings. The largest absolute Gasteiger partial charge is 0.493 e. The summed E-state index contributed by atoms with van der Waals surface area (Å²) < 4.78 is 17.2. The highest BCUT2D eigenvalue weighted by Crippen LogP contribution is 2.37. The Hall–Kier alpha value is -4.20. The van der Waals surface area contributed by atoms with Crippen LogP contribution in [0.3, 0.4) is 0 Å². The van der Waals surface area contributed by atoms with Gasteiger partial charge in [-0.15, -0.1) is 6.42 Å². The number of nitrogens with zero attached hydrogens (tertiary/aromatic N) is 1. The van der Waals surface area contributed by atoms with Gasteiger partial charge in [-0.25, -0.2) is 0 Å². The lowest BCUT2D eigenvalue weighted by molar-refractivity contribution is -0.112. The first-order chi connectivity index (χ1) is 16.9. The van der Waals surface area contributed by atoms with Crippen molar-refractivity contribution in [2.45, 2.75) is 13.5 Å². The van der Waals surface area contributed by atoms with Crippen LogP contribution in [0, 0.1) is 30.6 Å². The van der Waals surface area contributed by atoms with E-state index in [-0.39, 0.29) is 12.2 Å². The quantitative estimate of drug-likeness (QED) is 0.211. The maximum absolute atomic E-state index is 12.7. The summed E-state index contributed by atoms with van der Waals surface area (Å²) in [7, 11) is 1.49. The molecule has 0 saturated carbocycles. The van der Waals surface area contributed by atoms with Gasteiger partial charge >= 0.3 is 0 Å². The molecule has 3 aromatic rings. The molecule has 176 valence electrons. The highest BCUT2D eigenvalue weighted by molar-refractivity contribution is 9.10. The monoisotopic (exact) mass is 530 g/mol. The van der Waals surface area contributed by atoms with Crippen molar-refractivity contribution >= 4 is 33.6 Å². The van der Waals surface area contributed by atoms with Crippen LogP contribution in [0.5, 0.6) is 17.2 Å². The molecule has 7 heteroatoms. The lowest BCUT2D eigenvalue weighted by atomic mass is 10.1. The number of anilines is 1. The SMILES string of the molecule is C#CCOc1c(Br)cc(/C=C(\C#N)C(=O)Nc2ccc(OCc3ccc(C)cc3)cc2)cc1OC. The zero-order valence-corrected chi connectivity index (χ0v) is 20.9. The minimum absolute atomic E-state index is 0.0732. The number of nitrogens with one attached hydrogen (secondary N) is 1. The minimum Gasteiger partial charge on any atom is -0.493 e. The number of terminal acetylenes is 1. The van der Waals surface area contributed by atoms with Crippen LogP contribution in [0.15, 0.2) is 70.7 Å². The number of hydrogen-bond acceptors (Lipinski definition) is 5. The molecule has 0 aliphatic rings. The normalized spacial score (nSPS) is 10.6. The summed E-state index contributed by atoms with van der Waals surface area (Å²) in [4.78, 5) is 12.7. The van der Waals surface area contributed by atoms with E-state index in [0.717, 1.165) is 5.56 Å². The summed E-state index contributed by atoms with van der Waals surface area (Å²) in [6, 6.07) is 20.4. The lowest BCUT2D eigenvalue weighted by Gasteiger charge is -2.12. The molecule has 0 unspecified atom stereocenters. The maximum Gasteiger partial charge on any atom is 0.266 e. The topological polar surface area (TPSA) is 80.6 Å². The van der Waals surface area contributed by atoms with Crippen molar-refractivity contribution in [3.05, 3.63) is 87.4 Å². The van der Waals surface area contributed by atoms with E-state index in [1.165, 1.54) is 18.7 Å². The van der Waals surface area contributed by atoms with Gasteiger partial charge in [0.25, 0.3) is 5.91 Å². The Kier molecular flexibility index (Phi) is 8.95. The second-order valence-electron chi connectivity index (χ2n) is 7.45. The molecule has 6 nitrogen and oxygen atoms in total. The van der Waals surface area contributed by atoms with Crippen LogP contribution in [0.2, 0.25) is 0 Å². The van der Waals surface area contributed by atoms with Crippen molar-refractivity contribution in [1.29, 1.82) is 5.26 Å². The van der Waals surface area contributed by atoms with Crippen LogP contribution in [0.1, 0.15) is 16.7 Å². The molecule has 1 N–H and O–H groups in total. The van der Waals surface area contributed by atoms with Crippen LogP contribution >= 0.6 is 15.9 Å². The third-order valence-electron chi connectivity index (χ3n) is 4.87. The molecule has 0 aromatic heterocycles. The molecule has 0 radical (unpaired) electrons. The Morgan fingerprint density at radius 2 is 1.83 bits per heavy atom. The molecule has 35 heavy (non-hydrogen) atoms. The second kappa shape index (κ2) is 12.3. The number of carbonyl (C=O) groups is 1. The van der Waals surface area contributed by atoms with Gasteiger partial charge in [0.15, 0.2) is 11.5 Å². The summed E-state index contributed by atoms with van der Waals surface area (Å²) in [5.41, 5.74) is 3.30. The molecule has 3 aromatic carbocycles. The fraction of sp³-hybridized carbons (Fsp3) is 0.143. The first-order valence-corrected chi connectivity index (χ1v) is 11.4. The van der Waals surface area contributed by atoms with Gasteiger partial charge in [0, 0.05) is 5.69 Å². The van der Waals surface area contributed by atoms with Crippen molar-refractivity contribution in [3.8, 4) is 35.7 Å². The molecule has 0 saturated heterocycles. The average molecular weight is 531 g/mol. The number of rotatable bonds is 9.